The fourth-order valence-electron chi connectivity index (χ4n) is 3.72. The van der Waals surface area contributed by atoms with Crippen LogP contribution in [0.3, 0.4) is 0 Å². The van der Waals surface area contributed by atoms with E-state index in [2.05, 4.69) is 29.5 Å². The Kier molecular flexibility index (Phi) is 16.0. The maximum atomic E-state index is 13.4. The van der Waals surface area contributed by atoms with Gasteiger partial charge in [0.1, 0.15) is 18.1 Å². The summed E-state index contributed by atoms with van der Waals surface area (Å²) in [5.41, 5.74) is 14.2. The normalized spacial score (nSPS) is 10.2. The van der Waals surface area contributed by atoms with Crippen LogP contribution in [0.2, 0.25) is 0 Å². The molecule has 0 spiro atoms. The molecule has 0 aliphatic rings. The summed E-state index contributed by atoms with van der Waals surface area (Å²) in [6.07, 6.45) is 2.45. The van der Waals surface area contributed by atoms with Crippen molar-refractivity contribution in [1.29, 1.82) is 5.41 Å². The number of carbonyl (C=O) groups excluding carboxylic acids is 1. The van der Waals surface area contributed by atoms with Gasteiger partial charge in [0.25, 0.3) is 17.5 Å². The van der Waals surface area contributed by atoms with Crippen molar-refractivity contribution < 1.29 is 29.3 Å². The average molecular weight is 640 g/mol. The van der Waals surface area contributed by atoms with Crippen LogP contribution in [0.4, 0.5) is 11.5 Å². The van der Waals surface area contributed by atoms with Crippen LogP contribution < -0.4 is 32.4 Å². The van der Waals surface area contributed by atoms with Gasteiger partial charge in [-0.25, -0.2) is 4.98 Å². The topological polar surface area (TPSA) is 236 Å². The summed E-state index contributed by atoms with van der Waals surface area (Å²) in [4.78, 5) is 48.7. The molecule has 0 aliphatic heterocycles. The number of nitrogen functional groups attached to an aromatic ring is 2. The molecule has 1 aromatic heterocycles. The number of nitrogens with zero attached hydrogens (tertiary/aromatic N) is 2. The van der Waals surface area contributed by atoms with E-state index in [1.165, 1.54) is 4.57 Å². The molecule has 9 N–H and O–H groups in total. The van der Waals surface area contributed by atoms with E-state index < -0.39 is 17.5 Å². The highest BCUT2D eigenvalue weighted by atomic mass is 16.5. The largest absolute Gasteiger partial charge is 0.493 e. The van der Waals surface area contributed by atoms with E-state index in [1.807, 2.05) is 13.8 Å². The van der Waals surface area contributed by atoms with Crippen LogP contribution in [0.5, 0.6) is 5.75 Å². The number of aliphatic carboxylic acids is 2. The Morgan fingerprint density at radius 2 is 1.61 bits per heavy atom. The van der Waals surface area contributed by atoms with Crippen molar-refractivity contribution >= 4 is 35.2 Å². The zero-order valence-corrected chi connectivity index (χ0v) is 27.1. The molecule has 0 aliphatic carbocycles. The third-order valence-corrected chi connectivity index (χ3v) is 5.72. The molecule has 0 radical (unpaired) electrons. The number of nitrogens with two attached hydrogens (primary N) is 2. The van der Waals surface area contributed by atoms with E-state index in [-0.39, 0.29) is 36.7 Å². The van der Waals surface area contributed by atoms with E-state index in [4.69, 9.17) is 41.4 Å². The molecule has 14 nitrogen and oxygen atoms in total. The first kappa shape index (κ1) is 38.6. The zero-order valence-electron chi connectivity index (χ0n) is 27.1. The number of rotatable bonds is 12. The Bertz CT molecular complexity index is 1510. The minimum Gasteiger partial charge on any atom is -0.493 e. The molecular weight excluding hydrogens is 594 g/mol. The van der Waals surface area contributed by atoms with E-state index in [0.29, 0.717) is 40.8 Å². The molecule has 250 valence electrons. The van der Waals surface area contributed by atoms with Gasteiger partial charge in [-0.2, -0.15) is 0 Å². The highest BCUT2D eigenvalue weighted by Gasteiger charge is 2.17. The number of anilines is 2. The number of hydrogen-bond acceptors (Lipinski definition) is 9. The summed E-state index contributed by atoms with van der Waals surface area (Å²) in [6.45, 7) is 10.8. The second-order valence-electron chi connectivity index (χ2n) is 10.9. The van der Waals surface area contributed by atoms with Crippen LogP contribution in [0, 0.1) is 11.3 Å². The van der Waals surface area contributed by atoms with Crippen LogP contribution in [0.15, 0.2) is 53.5 Å². The van der Waals surface area contributed by atoms with E-state index >= 15 is 0 Å². The summed E-state index contributed by atoms with van der Waals surface area (Å²) in [7, 11) is 0. The molecule has 0 saturated carbocycles. The van der Waals surface area contributed by atoms with Gasteiger partial charge in [-0.15, -0.1) is 0 Å². The molecule has 0 unspecified atom stereocenters. The SMILES string of the molecule is CC(=O)O.CC(=O)O.CC(C)CCOc1cc(N)cc(-c2cnc(NC(C)C)c(=O)n2CC(=O)NCc2ccc(C(=N)N)cc2)c1. The molecular formula is C32H45N7O7. The molecule has 1 amide bonds. The molecule has 0 atom stereocenters. The van der Waals surface area contributed by atoms with Crippen molar-refractivity contribution in [3.05, 3.63) is 70.1 Å². The molecule has 14 heteroatoms. The highest BCUT2D eigenvalue weighted by Crippen LogP contribution is 2.27. The molecule has 3 rings (SSSR count). The number of amides is 1. The number of hydrogen-bond donors (Lipinski definition) is 7. The van der Waals surface area contributed by atoms with Crippen molar-refractivity contribution in [2.75, 3.05) is 17.7 Å². The summed E-state index contributed by atoms with van der Waals surface area (Å²) < 4.78 is 7.29. The van der Waals surface area contributed by atoms with Crippen molar-refractivity contribution in [1.82, 2.24) is 14.9 Å². The summed E-state index contributed by atoms with van der Waals surface area (Å²) in [6, 6.07) is 12.3. The maximum absolute atomic E-state index is 13.4. The third kappa shape index (κ3) is 14.9. The van der Waals surface area contributed by atoms with Crippen LogP contribution >= 0.6 is 0 Å². The summed E-state index contributed by atoms with van der Waals surface area (Å²) >= 11 is 0. The molecule has 0 bridgehead atoms. The standard InChI is InChI=1S/C28H37N7O3.2C2H4O2/c1-17(2)9-10-38-23-12-21(11-22(29)13-23)24-15-33-27(34-18(3)4)28(37)35(24)16-25(36)32-14-19-5-7-20(8-6-19)26(30)31;2*1-2(3)4/h5-8,11-13,15,17-18H,9-10,14,16,29H2,1-4H3,(H3,30,31)(H,32,36)(H,33,34);2*1H3,(H,3,4). The Hall–Kier alpha value is -5.40. The first-order valence-corrected chi connectivity index (χ1v) is 14.5. The smallest absolute Gasteiger partial charge is 0.300 e. The van der Waals surface area contributed by atoms with Crippen LogP contribution in [0.25, 0.3) is 11.3 Å². The number of aromatic nitrogens is 2. The van der Waals surface area contributed by atoms with Gasteiger partial charge in [-0.1, -0.05) is 38.1 Å². The quantitative estimate of drug-likeness (QED) is 0.0860. The predicted octanol–water partition coefficient (Wildman–Crippen LogP) is 3.52. The van der Waals surface area contributed by atoms with Crippen LogP contribution in [-0.4, -0.2) is 56.1 Å². The Labute approximate surface area is 268 Å². The molecule has 3 aromatic rings. The molecule has 1 heterocycles. The van der Waals surface area contributed by atoms with E-state index in [1.54, 1.807) is 48.7 Å². The second-order valence-corrected chi connectivity index (χ2v) is 10.9. The number of carboxylic acid groups (broad SMARTS) is 2. The van der Waals surface area contributed by atoms with Crippen molar-refractivity contribution in [2.24, 2.45) is 11.7 Å². The Balaban J connectivity index is 0.00000118. The number of carboxylic acids is 2. The van der Waals surface area contributed by atoms with Crippen molar-refractivity contribution in [3.8, 4) is 17.0 Å². The van der Waals surface area contributed by atoms with Crippen molar-refractivity contribution in [2.45, 2.75) is 67.1 Å². The number of ether oxygens (including phenoxy) is 1. The predicted molar refractivity (Wildman–Crippen MR) is 178 cm³/mol. The van der Waals surface area contributed by atoms with Gasteiger partial charge in [0.15, 0.2) is 5.82 Å². The Morgan fingerprint density at radius 1 is 1.02 bits per heavy atom. The lowest BCUT2D eigenvalue weighted by molar-refractivity contribution is -0.135. The average Bonchev–Trinajstić information content (AvgIpc) is 2.93. The molecule has 0 saturated heterocycles. The van der Waals surface area contributed by atoms with Gasteiger partial charge >= 0.3 is 0 Å². The van der Waals surface area contributed by atoms with Gasteiger partial charge in [0.2, 0.25) is 5.91 Å². The van der Waals surface area contributed by atoms with Crippen LogP contribution in [-0.2, 0) is 27.5 Å². The van der Waals surface area contributed by atoms with Gasteiger partial charge in [0, 0.05) is 49.3 Å². The summed E-state index contributed by atoms with van der Waals surface area (Å²) in [5.74, 6) is -0.790. The van der Waals surface area contributed by atoms with Gasteiger partial charge in [-0.3, -0.25) is 29.2 Å². The number of benzene rings is 2. The summed E-state index contributed by atoms with van der Waals surface area (Å²) in [5, 5.41) is 28.2. The van der Waals surface area contributed by atoms with Gasteiger partial charge in [0.05, 0.1) is 18.5 Å². The third-order valence-electron chi connectivity index (χ3n) is 5.72. The Morgan fingerprint density at radius 3 is 2.13 bits per heavy atom. The number of carbonyl (C=O) groups is 3. The van der Waals surface area contributed by atoms with Gasteiger partial charge < -0.3 is 37.1 Å². The first-order valence-electron chi connectivity index (χ1n) is 14.5. The van der Waals surface area contributed by atoms with E-state index in [0.717, 1.165) is 25.8 Å². The highest BCUT2D eigenvalue weighted by molar-refractivity contribution is 5.94. The lowest BCUT2D eigenvalue weighted by Gasteiger charge is -2.17. The van der Waals surface area contributed by atoms with E-state index in [9.17, 15) is 9.59 Å². The van der Waals surface area contributed by atoms with Crippen LogP contribution in [0.1, 0.15) is 59.1 Å². The minimum absolute atomic E-state index is 0.0189. The zero-order chi connectivity index (χ0) is 35.0. The first-order chi connectivity index (χ1) is 21.5. The number of amidine groups is 1. The lowest BCUT2D eigenvalue weighted by atomic mass is 10.1. The molecule has 2 aromatic carbocycles. The molecule has 0 fully saturated rings. The minimum atomic E-state index is -0.833. The number of nitrogens with one attached hydrogen (secondary N) is 3. The second kappa shape index (κ2) is 19.1. The lowest BCUT2D eigenvalue weighted by Crippen LogP contribution is -2.35. The monoisotopic (exact) mass is 639 g/mol. The molecule has 46 heavy (non-hydrogen) atoms. The fraction of sp³-hybridized carbons (Fsp3) is 0.375. The fourth-order valence-corrected chi connectivity index (χ4v) is 3.72. The van der Waals surface area contributed by atoms with Crippen molar-refractivity contribution in [3.63, 3.8) is 0 Å². The van der Waals surface area contributed by atoms with Gasteiger partial charge in [-0.05, 0) is 43.9 Å². The maximum Gasteiger partial charge on any atom is 0.300 e.